The van der Waals surface area contributed by atoms with E-state index in [4.69, 9.17) is 10.5 Å². The van der Waals surface area contributed by atoms with E-state index >= 15 is 0 Å². The van der Waals surface area contributed by atoms with Crippen molar-refractivity contribution < 1.29 is 14.2 Å². The molecule has 3 heterocycles. The number of morpholine rings is 1. The molecule has 0 saturated carbocycles. The molecule has 1 saturated heterocycles. The highest BCUT2D eigenvalue weighted by Gasteiger charge is 2.26. The summed E-state index contributed by atoms with van der Waals surface area (Å²) in [5.74, 6) is -0.288. The number of nitrogens with zero attached hydrogens (tertiary/aromatic N) is 8. The molecule has 1 aliphatic heterocycles. The molecule has 4 rings (SSSR count). The van der Waals surface area contributed by atoms with Gasteiger partial charge in [-0.05, 0) is 28.0 Å². The lowest BCUT2D eigenvalue weighted by Crippen LogP contribution is -2.37. The van der Waals surface area contributed by atoms with Crippen LogP contribution in [0, 0.1) is 0 Å². The average Bonchev–Trinajstić information content (AvgIpc) is 3.40. The number of benzene rings is 1. The van der Waals surface area contributed by atoms with Crippen molar-refractivity contribution in [2.75, 3.05) is 51.0 Å². The van der Waals surface area contributed by atoms with Gasteiger partial charge in [0.2, 0.25) is 11.6 Å². The van der Waals surface area contributed by atoms with Gasteiger partial charge in [-0.2, -0.15) is 9.78 Å². The van der Waals surface area contributed by atoms with Gasteiger partial charge in [-0.15, -0.1) is 5.10 Å². The fraction of sp³-hybridized carbons (Fsp3) is 0.368. The van der Waals surface area contributed by atoms with E-state index in [0.717, 1.165) is 11.3 Å². The number of amides is 1. The number of carbonyl (C=O) groups excluding carboxylic acids is 1. The van der Waals surface area contributed by atoms with E-state index in [1.54, 1.807) is 6.21 Å². The second-order valence-electron chi connectivity index (χ2n) is 7.34. The zero-order chi connectivity index (χ0) is 22.5. The van der Waals surface area contributed by atoms with Crippen molar-refractivity contribution in [1.82, 2.24) is 35.6 Å². The van der Waals surface area contributed by atoms with Crippen molar-refractivity contribution in [2.24, 2.45) is 5.10 Å². The lowest BCUT2D eigenvalue weighted by Gasteiger charge is -2.26. The summed E-state index contributed by atoms with van der Waals surface area (Å²) < 4.78 is 11.4. The largest absolute Gasteiger partial charge is 0.379 e. The first-order valence-corrected chi connectivity index (χ1v) is 9.97. The van der Waals surface area contributed by atoms with E-state index in [-0.39, 0.29) is 17.3 Å². The topological polar surface area (TPSA) is 153 Å². The number of nitrogens with one attached hydrogen (secondary N) is 1. The highest BCUT2D eigenvalue weighted by atomic mass is 16.6. The summed E-state index contributed by atoms with van der Waals surface area (Å²) in [6.07, 6.45) is 1.56. The molecule has 0 radical (unpaired) electrons. The summed E-state index contributed by atoms with van der Waals surface area (Å²) in [5, 5.41) is 19.5. The van der Waals surface area contributed by atoms with Gasteiger partial charge in [0.15, 0.2) is 5.69 Å². The molecule has 168 valence electrons. The standard InChI is InChI=1S/C19H24N10O3/c1-27(2)14-5-3-13(4-6-14)11-21-23-19(30)16-15(12-28-7-9-31-10-8-28)29(26-22-16)18-17(20)24-32-25-18/h3-6,11H,7-10,12H2,1-2H3,(H2,20,24)(H,23,30). The molecule has 1 aliphatic rings. The minimum Gasteiger partial charge on any atom is -0.379 e. The molecule has 13 nitrogen and oxygen atoms in total. The molecular weight excluding hydrogens is 416 g/mol. The minimum absolute atomic E-state index is 0.0456. The quantitative estimate of drug-likeness (QED) is 0.376. The van der Waals surface area contributed by atoms with Crippen LogP contribution in [-0.4, -0.2) is 82.7 Å². The number of hydrazone groups is 1. The van der Waals surface area contributed by atoms with Crippen molar-refractivity contribution in [3.8, 4) is 5.82 Å². The highest BCUT2D eigenvalue weighted by molar-refractivity contribution is 5.94. The fourth-order valence-corrected chi connectivity index (χ4v) is 3.18. The number of carbonyl (C=O) groups is 1. The molecule has 0 atom stereocenters. The Kier molecular flexibility index (Phi) is 6.37. The first-order valence-electron chi connectivity index (χ1n) is 9.97. The molecule has 1 fully saturated rings. The summed E-state index contributed by atoms with van der Waals surface area (Å²) >= 11 is 0. The summed E-state index contributed by atoms with van der Waals surface area (Å²) in [7, 11) is 3.93. The molecular formula is C19H24N10O3. The van der Waals surface area contributed by atoms with Crippen LogP contribution in [0.4, 0.5) is 11.5 Å². The maximum Gasteiger partial charge on any atom is 0.293 e. The summed E-state index contributed by atoms with van der Waals surface area (Å²) in [6.45, 7) is 3.02. The van der Waals surface area contributed by atoms with Crippen molar-refractivity contribution in [1.29, 1.82) is 0 Å². The smallest absolute Gasteiger partial charge is 0.293 e. The molecule has 2 aromatic heterocycles. The monoisotopic (exact) mass is 440 g/mol. The zero-order valence-corrected chi connectivity index (χ0v) is 17.8. The van der Waals surface area contributed by atoms with Gasteiger partial charge in [0.1, 0.15) is 0 Å². The number of ether oxygens (including phenoxy) is 1. The van der Waals surface area contributed by atoms with Gasteiger partial charge >= 0.3 is 0 Å². The van der Waals surface area contributed by atoms with Crippen LogP contribution in [0.2, 0.25) is 0 Å². The fourth-order valence-electron chi connectivity index (χ4n) is 3.18. The van der Waals surface area contributed by atoms with E-state index in [1.807, 2.05) is 43.3 Å². The predicted octanol–water partition coefficient (Wildman–Crippen LogP) is -0.105. The lowest BCUT2D eigenvalue weighted by molar-refractivity contribution is 0.0332. The molecule has 32 heavy (non-hydrogen) atoms. The first-order chi connectivity index (χ1) is 15.5. The van der Waals surface area contributed by atoms with Crippen LogP contribution in [0.15, 0.2) is 34.0 Å². The Morgan fingerprint density at radius 3 is 2.66 bits per heavy atom. The van der Waals surface area contributed by atoms with Gasteiger partial charge in [-0.1, -0.05) is 17.3 Å². The second kappa shape index (κ2) is 9.53. The van der Waals surface area contributed by atoms with Gasteiger partial charge in [-0.3, -0.25) is 9.69 Å². The number of anilines is 2. The van der Waals surface area contributed by atoms with Crippen molar-refractivity contribution in [3.63, 3.8) is 0 Å². The van der Waals surface area contributed by atoms with E-state index in [1.165, 1.54) is 4.68 Å². The summed E-state index contributed by atoms with van der Waals surface area (Å²) in [4.78, 5) is 16.9. The average molecular weight is 440 g/mol. The van der Waals surface area contributed by atoms with Gasteiger partial charge in [0.05, 0.1) is 25.1 Å². The van der Waals surface area contributed by atoms with Crippen LogP contribution in [-0.2, 0) is 11.3 Å². The Labute approximate surface area is 183 Å². The third-order valence-corrected chi connectivity index (χ3v) is 4.94. The molecule has 0 spiro atoms. The van der Waals surface area contributed by atoms with Gasteiger partial charge in [-0.25, -0.2) is 10.1 Å². The molecule has 3 aromatic rings. The molecule has 1 amide bonds. The number of aromatic nitrogens is 5. The number of hydrogen-bond donors (Lipinski definition) is 2. The molecule has 13 heteroatoms. The maximum atomic E-state index is 12.8. The van der Waals surface area contributed by atoms with Crippen LogP contribution >= 0.6 is 0 Å². The van der Waals surface area contributed by atoms with Crippen molar-refractivity contribution in [2.45, 2.75) is 6.54 Å². The highest BCUT2D eigenvalue weighted by Crippen LogP contribution is 2.18. The first kappa shape index (κ1) is 21.4. The molecule has 0 unspecified atom stereocenters. The normalized spacial score (nSPS) is 14.7. The molecule has 0 aliphatic carbocycles. The third-order valence-electron chi connectivity index (χ3n) is 4.94. The number of nitrogens with two attached hydrogens (primary N) is 1. The van der Waals surface area contributed by atoms with E-state index in [2.05, 4.69) is 40.7 Å². The molecule has 1 aromatic carbocycles. The van der Waals surface area contributed by atoms with Crippen LogP contribution < -0.4 is 16.1 Å². The van der Waals surface area contributed by atoms with Crippen LogP contribution in [0.1, 0.15) is 21.7 Å². The second-order valence-corrected chi connectivity index (χ2v) is 7.34. The van der Waals surface area contributed by atoms with E-state index < -0.39 is 5.91 Å². The van der Waals surface area contributed by atoms with Gasteiger partial charge < -0.3 is 15.4 Å². The zero-order valence-electron chi connectivity index (χ0n) is 17.8. The Balaban J connectivity index is 1.53. The van der Waals surface area contributed by atoms with Crippen molar-refractivity contribution in [3.05, 3.63) is 41.2 Å². The summed E-state index contributed by atoms with van der Waals surface area (Å²) in [5.41, 5.74) is 10.8. The number of rotatable bonds is 7. The van der Waals surface area contributed by atoms with E-state index in [9.17, 15) is 4.79 Å². The molecule has 3 N–H and O–H groups in total. The third kappa shape index (κ3) is 4.73. The van der Waals surface area contributed by atoms with Gasteiger partial charge in [0, 0.05) is 39.4 Å². The lowest BCUT2D eigenvalue weighted by atomic mass is 10.2. The Hall–Kier alpha value is -3.84. The minimum atomic E-state index is -0.504. The van der Waals surface area contributed by atoms with Crippen LogP contribution in [0.25, 0.3) is 5.82 Å². The van der Waals surface area contributed by atoms with Crippen molar-refractivity contribution >= 4 is 23.6 Å². The Bertz CT molecular complexity index is 1080. The Morgan fingerprint density at radius 1 is 1.25 bits per heavy atom. The Morgan fingerprint density at radius 2 is 2.00 bits per heavy atom. The predicted molar refractivity (Wildman–Crippen MR) is 116 cm³/mol. The number of nitrogen functional groups attached to an aromatic ring is 1. The van der Waals surface area contributed by atoms with Crippen LogP contribution in [0.3, 0.4) is 0 Å². The maximum absolute atomic E-state index is 12.8. The van der Waals surface area contributed by atoms with Crippen LogP contribution in [0.5, 0.6) is 0 Å². The van der Waals surface area contributed by atoms with Gasteiger partial charge in [0.25, 0.3) is 5.91 Å². The molecule has 0 bridgehead atoms. The number of hydrogen-bond acceptors (Lipinski definition) is 11. The summed E-state index contributed by atoms with van der Waals surface area (Å²) in [6, 6.07) is 7.74. The SMILES string of the molecule is CN(C)c1ccc(C=NNC(=O)c2nnn(-c3nonc3N)c2CN2CCOCC2)cc1. The van der Waals surface area contributed by atoms with E-state index in [0.29, 0.717) is 38.5 Å².